The quantitative estimate of drug-likeness (QED) is 0.481. The predicted octanol–water partition coefficient (Wildman–Crippen LogP) is 2.69. The molecular formula is C18H29N3O2. The SMILES string of the molecule is C=N/C=C(\C=C/C)C(=O)NC(C(=O)N1CCCC1C)C(C)(C)C. The first kappa shape index (κ1) is 19.1. The topological polar surface area (TPSA) is 61.8 Å². The van der Waals surface area contributed by atoms with Gasteiger partial charge in [-0.25, -0.2) is 0 Å². The van der Waals surface area contributed by atoms with Crippen molar-refractivity contribution in [3.8, 4) is 0 Å². The van der Waals surface area contributed by atoms with Crippen molar-refractivity contribution >= 4 is 18.5 Å². The van der Waals surface area contributed by atoms with Gasteiger partial charge in [0.1, 0.15) is 6.04 Å². The molecule has 1 saturated heterocycles. The Hall–Kier alpha value is -1.91. The number of rotatable bonds is 5. The third-order valence-electron chi connectivity index (χ3n) is 4.06. The first-order valence-electron chi connectivity index (χ1n) is 8.12. The molecule has 0 aromatic carbocycles. The Labute approximate surface area is 139 Å². The Morgan fingerprint density at radius 2 is 2.04 bits per heavy atom. The molecule has 1 heterocycles. The molecule has 0 radical (unpaired) electrons. The normalized spacial score (nSPS) is 20.7. The number of nitrogens with one attached hydrogen (secondary N) is 1. The Balaban J connectivity index is 2.99. The van der Waals surface area contributed by atoms with E-state index < -0.39 is 6.04 Å². The summed E-state index contributed by atoms with van der Waals surface area (Å²) in [6.07, 6.45) is 6.85. The molecule has 1 aliphatic rings. The number of carbonyl (C=O) groups is 2. The van der Waals surface area contributed by atoms with Crippen LogP contribution < -0.4 is 5.32 Å². The van der Waals surface area contributed by atoms with Gasteiger partial charge in [-0.1, -0.05) is 32.9 Å². The van der Waals surface area contributed by atoms with Crippen LogP contribution in [-0.4, -0.2) is 42.1 Å². The third kappa shape index (κ3) is 5.05. The molecule has 0 aromatic heterocycles. The lowest BCUT2D eigenvalue weighted by Crippen LogP contribution is -2.55. The average Bonchev–Trinajstić information content (AvgIpc) is 2.88. The Kier molecular flexibility index (Phi) is 6.73. The van der Waals surface area contributed by atoms with Gasteiger partial charge >= 0.3 is 0 Å². The van der Waals surface area contributed by atoms with Crippen molar-refractivity contribution in [1.29, 1.82) is 0 Å². The van der Waals surface area contributed by atoms with E-state index in [2.05, 4.69) is 24.0 Å². The van der Waals surface area contributed by atoms with Crippen molar-refractivity contribution in [2.75, 3.05) is 6.54 Å². The van der Waals surface area contributed by atoms with Gasteiger partial charge in [0.15, 0.2) is 0 Å². The van der Waals surface area contributed by atoms with Crippen LogP contribution in [0.25, 0.3) is 0 Å². The van der Waals surface area contributed by atoms with Crippen molar-refractivity contribution in [2.45, 2.75) is 59.5 Å². The lowest BCUT2D eigenvalue weighted by Gasteiger charge is -2.35. The standard InChI is InChI=1S/C18H29N3O2/c1-7-9-14(12-19-6)16(22)20-15(18(3,4)5)17(23)21-11-8-10-13(21)2/h7,9,12-13,15H,6,8,10-11H2,1-5H3,(H,20,22)/b9-7-,14-12+. The summed E-state index contributed by atoms with van der Waals surface area (Å²) < 4.78 is 0. The maximum atomic E-state index is 12.9. The second-order valence-electron chi connectivity index (χ2n) is 7.06. The minimum absolute atomic E-state index is 0.0118. The van der Waals surface area contributed by atoms with Crippen molar-refractivity contribution in [3.63, 3.8) is 0 Å². The molecule has 2 unspecified atom stereocenters. The number of amides is 2. The highest BCUT2D eigenvalue weighted by Crippen LogP contribution is 2.25. The fraction of sp³-hybridized carbons (Fsp3) is 0.611. The van der Waals surface area contributed by atoms with Crippen molar-refractivity contribution < 1.29 is 9.59 Å². The number of allylic oxidation sites excluding steroid dienone is 1. The summed E-state index contributed by atoms with van der Waals surface area (Å²) in [5.74, 6) is -0.321. The van der Waals surface area contributed by atoms with Gasteiger partial charge in [0, 0.05) is 18.8 Å². The molecule has 1 N–H and O–H groups in total. The van der Waals surface area contributed by atoms with E-state index in [1.54, 1.807) is 12.2 Å². The lowest BCUT2D eigenvalue weighted by molar-refractivity contribution is -0.139. The van der Waals surface area contributed by atoms with Gasteiger partial charge in [-0.15, -0.1) is 0 Å². The van der Waals surface area contributed by atoms with E-state index >= 15 is 0 Å². The van der Waals surface area contributed by atoms with Crippen LogP contribution in [0.1, 0.15) is 47.5 Å². The second kappa shape index (κ2) is 8.09. The lowest BCUT2D eigenvalue weighted by atomic mass is 9.85. The van der Waals surface area contributed by atoms with Gasteiger partial charge in [-0.2, -0.15) is 0 Å². The van der Waals surface area contributed by atoms with E-state index in [1.807, 2.05) is 32.6 Å². The van der Waals surface area contributed by atoms with Gasteiger partial charge in [-0.05, 0) is 38.8 Å². The fourth-order valence-electron chi connectivity index (χ4n) is 2.74. The van der Waals surface area contributed by atoms with Crippen LogP contribution in [0.15, 0.2) is 28.9 Å². The van der Waals surface area contributed by atoms with Crippen LogP contribution in [0.3, 0.4) is 0 Å². The summed E-state index contributed by atoms with van der Waals surface area (Å²) in [7, 11) is 0. The van der Waals surface area contributed by atoms with Crippen molar-refractivity contribution in [2.24, 2.45) is 10.4 Å². The number of likely N-dealkylation sites (tertiary alicyclic amines) is 1. The average molecular weight is 319 g/mol. The van der Waals surface area contributed by atoms with E-state index in [0.29, 0.717) is 5.57 Å². The molecule has 5 nitrogen and oxygen atoms in total. The Bertz CT molecular complexity index is 515. The highest BCUT2D eigenvalue weighted by Gasteiger charge is 2.38. The number of hydrogen-bond acceptors (Lipinski definition) is 3. The van der Waals surface area contributed by atoms with Crippen molar-refractivity contribution in [1.82, 2.24) is 10.2 Å². The summed E-state index contributed by atoms with van der Waals surface area (Å²) in [6.45, 7) is 13.9. The van der Waals surface area contributed by atoms with Crippen LogP contribution in [0.2, 0.25) is 0 Å². The monoisotopic (exact) mass is 319 g/mol. The zero-order chi connectivity index (χ0) is 17.6. The highest BCUT2D eigenvalue weighted by atomic mass is 16.2. The molecule has 1 fully saturated rings. The summed E-state index contributed by atoms with van der Waals surface area (Å²) in [6, 6.07) is -0.348. The van der Waals surface area contributed by atoms with Gasteiger partial charge in [-0.3, -0.25) is 14.6 Å². The van der Waals surface area contributed by atoms with Gasteiger partial charge in [0.25, 0.3) is 5.91 Å². The maximum absolute atomic E-state index is 12.9. The molecule has 0 bridgehead atoms. The molecule has 2 atom stereocenters. The zero-order valence-corrected chi connectivity index (χ0v) is 14.9. The maximum Gasteiger partial charge on any atom is 0.253 e. The number of aliphatic imine (C=N–C) groups is 1. The summed E-state index contributed by atoms with van der Waals surface area (Å²) in [5, 5.41) is 2.89. The summed E-state index contributed by atoms with van der Waals surface area (Å²) in [4.78, 5) is 30.9. The molecule has 2 amide bonds. The van der Waals surface area contributed by atoms with Crippen LogP contribution in [-0.2, 0) is 9.59 Å². The van der Waals surface area contributed by atoms with E-state index in [1.165, 1.54) is 6.20 Å². The molecular weight excluding hydrogens is 290 g/mol. The molecule has 23 heavy (non-hydrogen) atoms. The van der Waals surface area contributed by atoms with Gasteiger partial charge < -0.3 is 10.2 Å². The van der Waals surface area contributed by atoms with E-state index in [9.17, 15) is 9.59 Å². The minimum atomic E-state index is -0.575. The van der Waals surface area contributed by atoms with Crippen LogP contribution in [0.4, 0.5) is 0 Å². The molecule has 0 aromatic rings. The molecule has 128 valence electrons. The number of nitrogens with zero attached hydrogens (tertiary/aromatic N) is 2. The largest absolute Gasteiger partial charge is 0.340 e. The Morgan fingerprint density at radius 3 is 2.48 bits per heavy atom. The summed E-state index contributed by atoms with van der Waals surface area (Å²) in [5.41, 5.74) is 0.0107. The van der Waals surface area contributed by atoms with Crippen LogP contribution in [0.5, 0.6) is 0 Å². The molecule has 0 aliphatic carbocycles. The molecule has 0 saturated carbocycles. The van der Waals surface area contributed by atoms with E-state index in [4.69, 9.17) is 0 Å². The second-order valence-corrected chi connectivity index (χ2v) is 7.06. The Morgan fingerprint density at radius 1 is 1.39 bits per heavy atom. The van der Waals surface area contributed by atoms with Crippen LogP contribution >= 0.6 is 0 Å². The first-order chi connectivity index (χ1) is 10.7. The highest BCUT2D eigenvalue weighted by molar-refractivity contribution is 5.99. The smallest absolute Gasteiger partial charge is 0.253 e. The van der Waals surface area contributed by atoms with Gasteiger partial charge in [0.05, 0.1) is 5.57 Å². The zero-order valence-electron chi connectivity index (χ0n) is 14.9. The first-order valence-corrected chi connectivity index (χ1v) is 8.12. The molecule has 1 aliphatic heterocycles. The fourth-order valence-corrected chi connectivity index (χ4v) is 2.74. The third-order valence-corrected chi connectivity index (χ3v) is 4.06. The molecule has 5 heteroatoms. The number of hydrogen-bond donors (Lipinski definition) is 1. The van der Waals surface area contributed by atoms with Crippen LogP contribution in [0, 0.1) is 5.41 Å². The molecule has 0 spiro atoms. The summed E-state index contributed by atoms with van der Waals surface area (Å²) >= 11 is 0. The van der Waals surface area contributed by atoms with Gasteiger partial charge in [0.2, 0.25) is 5.91 Å². The predicted molar refractivity (Wildman–Crippen MR) is 94.2 cm³/mol. The van der Waals surface area contributed by atoms with E-state index in [-0.39, 0.29) is 23.3 Å². The number of carbonyl (C=O) groups excluding carboxylic acids is 2. The molecule has 1 rings (SSSR count). The minimum Gasteiger partial charge on any atom is -0.340 e. The van der Waals surface area contributed by atoms with E-state index in [0.717, 1.165) is 19.4 Å². The van der Waals surface area contributed by atoms with Crippen molar-refractivity contribution in [3.05, 3.63) is 23.9 Å².